The lowest BCUT2D eigenvalue weighted by Crippen LogP contribution is -2.33. The van der Waals surface area contributed by atoms with Crippen LogP contribution in [0.4, 0.5) is 10.5 Å². The number of nitrogens with one attached hydrogen (secondary N) is 1. The van der Waals surface area contributed by atoms with Crippen molar-refractivity contribution in [2.75, 3.05) is 11.9 Å². The van der Waals surface area contributed by atoms with Crippen LogP contribution in [0.1, 0.15) is 19.8 Å². The number of hydrogen-bond donors (Lipinski definition) is 1. The minimum absolute atomic E-state index is 0.00131. The van der Waals surface area contributed by atoms with Crippen LogP contribution in [0.5, 0.6) is 0 Å². The fourth-order valence-electron chi connectivity index (χ4n) is 2.76. The molecule has 2 aromatic carbocycles. The van der Waals surface area contributed by atoms with Crippen molar-refractivity contribution in [1.29, 1.82) is 0 Å². The summed E-state index contributed by atoms with van der Waals surface area (Å²) in [5.74, 6) is -0.525. The molecule has 0 saturated carbocycles. The average molecular weight is 342 g/mol. The molecular weight excluding hydrogens is 324 g/mol. The van der Waals surface area contributed by atoms with Crippen molar-refractivity contribution >= 4 is 45.3 Å². The second-order valence-electron chi connectivity index (χ2n) is 5.64. The van der Waals surface area contributed by atoms with E-state index in [1.54, 1.807) is 0 Å². The quantitative estimate of drug-likeness (QED) is 0.901. The van der Waals surface area contributed by atoms with Crippen molar-refractivity contribution in [3.63, 3.8) is 0 Å². The Hall–Kier alpha value is -2.34. The van der Waals surface area contributed by atoms with Gasteiger partial charge in [0, 0.05) is 24.0 Å². The zero-order valence-corrected chi connectivity index (χ0v) is 14.1. The molecule has 6 heteroatoms. The zero-order valence-electron chi connectivity index (χ0n) is 13.3. The first-order chi connectivity index (χ1) is 11.6. The Balaban J connectivity index is 1.70. The van der Waals surface area contributed by atoms with E-state index in [9.17, 15) is 14.4 Å². The maximum absolute atomic E-state index is 12.3. The minimum Gasteiger partial charge on any atom is -0.325 e. The highest BCUT2D eigenvalue weighted by Gasteiger charge is 2.39. The first-order valence-corrected chi connectivity index (χ1v) is 8.77. The van der Waals surface area contributed by atoms with Crippen molar-refractivity contribution < 1.29 is 14.4 Å². The summed E-state index contributed by atoms with van der Waals surface area (Å²) in [6.45, 7) is 2.32. The molecule has 1 atom stereocenters. The monoisotopic (exact) mass is 342 g/mol. The van der Waals surface area contributed by atoms with Gasteiger partial charge in [-0.25, -0.2) is 0 Å². The molecule has 24 heavy (non-hydrogen) atoms. The molecule has 3 amide bonds. The third-order valence-corrected chi connectivity index (χ3v) is 4.96. The van der Waals surface area contributed by atoms with Crippen LogP contribution in [0.2, 0.25) is 0 Å². The summed E-state index contributed by atoms with van der Waals surface area (Å²) in [5, 5.41) is 3.95. The number of carbonyl (C=O) groups excluding carboxylic acids is 3. The number of thioether (sulfide) groups is 1. The van der Waals surface area contributed by atoms with Gasteiger partial charge in [0.25, 0.3) is 5.24 Å². The predicted octanol–water partition coefficient (Wildman–Crippen LogP) is 3.64. The molecule has 1 heterocycles. The molecule has 1 aliphatic rings. The maximum atomic E-state index is 12.3. The maximum Gasteiger partial charge on any atom is 0.289 e. The van der Waals surface area contributed by atoms with Crippen LogP contribution in [0.25, 0.3) is 10.8 Å². The summed E-state index contributed by atoms with van der Waals surface area (Å²) >= 11 is 0.941. The standard InChI is InChI=1S/C18H18N2O3S/c1-2-10-20-17(22)15(24-18(20)23)11-16(21)19-14-9-5-7-12-6-3-4-8-13(12)14/h3-9,15H,2,10-11H2,1H3,(H,19,21)/t15-/m1/s1. The highest BCUT2D eigenvalue weighted by molar-refractivity contribution is 8.15. The Kier molecular flexibility index (Phi) is 4.85. The Morgan fingerprint density at radius 1 is 1.17 bits per heavy atom. The van der Waals surface area contributed by atoms with E-state index >= 15 is 0 Å². The summed E-state index contributed by atoms with van der Waals surface area (Å²) in [6, 6.07) is 13.4. The van der Waals surface area contributed by atoms with Crippen molar-refractivity contribution in [2.45, 2.75) is 25.0 Å². The van der Waals surface area contributed by atoms with Gasteiger partial charge in [-0.1, -0.05) is 55.1 Å². The van der Waals surface area contributed by atoms with E-state index in [0.29, 0.717) is 18.7 Å². The lowest BCUT2D eigenvalue weighted by atomic mass is 10.1. The van der Waals surface area contributed by atoms with Crippen LogP contribution in [0.3, 0.4) is 0 Å². The number of benzene rings is 2. The number of nitrogens with zero attached hydrogens (tertiary/aromatic N) is 1. The molecule has 1 saturated heterocycles. The molecule has 0 aliphatic carbocycles. The lowest BCUT2D eigenvalue weighted by molar-refractivity contribution is -0.128. The van der Waals surface area contributed by atoms with Crippen molar-refractivity contribution in [3.05, 3.63) is 42.5 Å². The van der Waals surface area contributed by atoms with Gasteiger partial charge in [0.05, 0.1) is 0 Å². The lowest BCUT2D eigenvalue weighted by Gasteiger charge is -2.12. The number of fused-ring (bicyclic) bond motifs is 1. The van der Waals surface area contributed by atoms with Crippen LogP contribution in [0, 0.1) is 0 Å². The Morgan fingerprint density at radius 3 is 2.71 bits per heavy atom. The number of hydrogen-bond acceptors (Lipinski definition) is 4. The smallest absolute Gasteiger partial charge is 0.289 e. The first-order valence-electron chi connectivity index (χ1n) is 7.89. The largest absolute Gasteiger partial charge is 0.325 e. The second-order valence-corrected chi connectivity index (χ2v) is 6.80. The van der Waals surface area contributed by atoms with Crippen molar-refractivity contribution in [2.24, 2.45) is 0 Å². The SMILES string of the molecule is CCCN1C(=O)S[C@H](CC(=O)Nc2cccc3ccccc23)C1=O. The summed E-state index contributed by atoms with van der Waals surface area (Å²) in [5.41, 5.74) is 0.713. The highest BCUT2D eigenvalue weighted by Crippen LogP contribution is 2.30. The van der Waals surface area contributed by atoms with Gasteiger partial charge in [-0.2, -0.15) is 0 Å². The fraction of sp³-hybridized carbons (Fsp3) is 0.278. The molecule has 1 N–H and O–H groups in total. The number of amides is 3. The molecule has 0 bridgehead atoms. The molecule has 1 fully saturated rings. The molecule has 3 rings (SSSR count). The summed E-state index contributed by atoms with van der Waals surface area (Å²) in [7, 11) is 0. The van der Waals surface area contributed by atoms with E-state index in [2.05, 4.69) is 5.32 Å². The molecule has 2 aromatic rings. The summed E-state index contributed by atoms with van der Waals surface area (Å²) in [6.07, 6.45) is 0.714. The van der Waals surface area contributed by atoms with E-state index < -0.39 is 5.25 Å². The molecule has 0 radical (unpaired) electrons. The molecular formula is C18H18N2O3S. The van der Waals surface area contributed by atoms with Gasteiger partial charge >= 0.3 is 0 Å². The third-order valence-electron chi connectivity index (χ3n) is 3.89. The zero-order chi connectivity index (χ0) is 17.1. The highest BCUT2D eigenvalue weighted by atomic mass is 32.2. The van der Waals surface area contributed by atoms with E-state index in [1.807, 2.05) is 49.4 Å². The molecule has 1 aliphatic heterocycles. The molecule has 124 valence electrons. The number of imide groups is 1. The number of carbonyl (C=O) groups is 3. The average Bonchev–Trinajstić information content (AvgIpc) is 2.83. The summed E-state index contributed by atoms with van der Waals surface area (Å²) in [4.78, 5) is 37.6. The van der Waals surface area contributed by atoms with Crippen LogP contribution in [-0.4, -0.2) is 33.7 Å². The van der Waals surface area contributed by atoms with E-state index in [4.69, 9.17) is 0 Å². The van der Waals surface area contributed by atoms with Gasteiger partial charge in [-0.3, -0.25) is 19.3 Å². The Bertz CT molecular complexity index is 800. The van der Waals surface area contributed by atoms with Gasteiger partial charge in [-0.15, -0.1) is 0 Å². The number of anilines is 1. The van der Waals surface area contributed by atoms with Crippen molar-refractivity contribution in [1.82, 2.24) is 4.90 Å². The predicted molar refractivity (Wildman–Crippen MR) is 96.0 cm³/mol. The minimum atomic E-state index is -0.626. The van der Waals surface area contributed by atoms with Crippen molar-refractivity contribution in [3.8, 4) is 0 Å². The van der Waals surface area contributed by atoms with Gasteiger partial charge in [0.1, 0.15) is 5.25 Å². The second kappa shape index (κ2) is 7.05. The van der Waals surface area contributed by atoms with Gasteiger partial charge in [-0.05, 0) is 17.9 Å². The third kappa shape index (κ3) is 3.28. The molecule has 0 unspecified atom stereocenters. The van der Waals surface area contributed by atoms with Crippen LogP contribution in [0.15, 0.2) is 42.5 Å². The van der Waals surface area contributed by atoms with Gasteiger partial charge in [0.2, 0.25) is 11.8 Å². The molecule has 0 spiro atoms. The number of rotatable bonds is 5. The normalized spacial score (nSPS) is 17.5. The van der Waals surface area contributed by atoms with E-state index in [1.165, 1.54) is 4.90 Å². The van der Waals surface area contributed by atoms with Gasteiger partial charge < -0.3 is 5.32 Å². The molecule has 0 aromatic heterocycles. The first kappa shape index (κ1) is 16.5. The van der Waals surface area contributed by atoms with E-state index in [0.717, 1.165) is 22.5 Å². The Labute approximate surface area is 144 Å². The van der Waals surface area contributed by atoms with Crippen LogP contribution in [-0.2, 0) is 9.59 Å². The summed E-state index contributed by atoms with van der Waals surface area (Å²) < 4.78 is 0. The Morgan fingerprint density at radius 2 is 1.92 bits per heavy atom. The fourth-order valence-corrected chi connectivity index (χ4v) is 3.77. The molecule has 5 nitrogen and oxygen atoms in total. The van der Waals surface area contributed by atoms with Crippen LogP contribution >= 0.6 is 11.8 Å². The topological polar surface area (TPSA) is 66.5 Å². The van der Waals surface area contributed by atoms with Crippen LogP contribution < -0.4 is 5.32 Å². The van der Waals surface area contributed by atoms with E-state index in [-0.39, 0.29) is 23.5 Å². The van der Waals surface area contributed by atoms with Gasteiger partial charge in [0.15, 0.2) is 0 Å².